The third kappa shape index (κ3) is 3.35. The van der Waals surface area contributed by atoms with Gasteiger partial charge in [0.2, 0.25) is 0 Å². The minimum atomic E-state index is -4.53. The first-order chi connectivity index (χ1) is 9.70. The van der Waals surface area contributed by atoms with E-state index in [1.54, 1.807) is 4.72 Å². The normalized spacial score (nSPS) is 11.5. The molecule has 2 aromatic carbocycles. The van der Waals surface area contributed by atoms with Crippen LogP contribution in [0.15, 0.2) is 39.7 Å². The van der Waals surface area contributed by atoms with Crippen LogP contribution >= 0.6 is 15.9 Å². The molecule has 9 heteroatoms. The van der Waals surface area contributed by atoms with Gasteiger partial charge in [0.1, 0.15) is 28.2 Å². The van der Waals surface area contributed by atoms with Crippen LogP contribution in [0.4, 0.5) is 23.2 Å². The van der Waals surface area contributed by atoms with Gasteiger partial charge in [-0.2, -0.15) is 0 Å². The minimum absolute atomic E-state index is 0.366. The number of hydrogen-bond donors (Lipinski definition) is 1. The van der Waals surface area contributed by atoms with Crippen LogP contribution < -0.4 is 4.72 Å². The van der Waals surface area contributed by atoms with Gasteiger partial charge >= 0.3 is 0 Å². The summed E-state index contributed by atoms with van der Waals surface area (Å²) in [5.41, 5.74) is -0.563. The molecule has 112 valence electrons. The van der Waals surface area contributed by atoms with E-state index in [-0.39, 0.29) is 4.47 Å². The predicted molar refractivity (Wildman–Crippen MR) is 71.2 cm³/mol. The average Bonchev–Trinajstić information content (AvgIpc) is 2.30. The van der Waals surface area contributed by atoms with E-state index in [0.717, 1.165) is 18.2 Å². The largest absolute Gasteiger partial charge is 0.277 e. The van der Waals surface area contributed by atoms with Crippen molar-refractivity contribution in [3.05, 3.63) is 58.1 Å². The van der Waals surface area contributed by atoms with Crippen molar-refractivity contribution in [1.29, 1.82) is 0 Å². The molecule has 0 radical (unpaired) electrons. The van der Waals surface area contributed by atoms with E-state index < -0.39 is 43.9 Å². The molecule has 0 spiro atoms. The highest BCUT2D eigenvalue weighted by atomic mass is 79.9. The SMILES string of the molecule is O=S(=O)(Nc1ccc(F)cc1F)c1c(F)cc(F)cc1Br. The van der Waals surface area contributed by atoms with Crippen molar-refractivity contribution in [1.82, 2.24) is 0 Å². The topological polar surface area (TPSA) is 46.2 Å². The highest BCUT2D eigenvalue weighted by molar-refractivity contribution is 9.10. The van der Waals surface area contributed by atoms with E-state index in [1.165, 1.54) is 0 Å². The van der Waals surface area contributed by atoms with Crippen LogP contribution in [0.5, 0.6) is 0 Å². The Hall–Kier alpha value is -1.61. The van der Waals surface area contributed by atoms with Crippen LogP contribution in [0.2, 0.25) is 0 Å². The summed E-state index contributed by atoms with van der Waals surface area (Å²) in [4.78, 5) is -0.882. The second-order valence-electron chi connectivity index (χ2n) is 3.93. The van der Waals surface area contributed by atoms with Crippen molar-refractivity contribution < 1.29 is 26.0 Å². The fourth-order valence-corrected chi connectivity index (χ4v) is 3.79. The van der Waals surface area contributed by atoms with Gasteiger partial charge in [-0.15, -0.1) is 0 Å². The monoisotopic (exact) mass is 383 g/mol. The van der Waals surface area contributed by atoms with Gasteiger partial charge in [0, 0.05) is 16.6 Å². The molecule has 0 aliphatic heterocycles. The highest BCUT2D eigenvalue weighted by Crippen LogP contribution is 2.28. The van der Waals surface area contributed by atoms with Crippen molar-refractivity contribution in [2.75, 3.05) is 4.72 Å². The molecule has 0 heterocycles. The summed E-state index contributed by atoms with van der Waals surface area (Å²) >= 11 is 2.72. The Morgan fingerprint density at radius 2 is 1.52 bits per heavy atom. The molecular weight excluding hydrogens is 378 g/mol. The van der Waals surface area contributed by atoms with Crippen LogP contribution in [0, 0.1) is 23.3 Å². The summed E-state index contributed by atoms with van der Waals surface area (Å²) in [7, 11) is -4.53. The van der Waals surface area contributed by atoms with E-state index in [1.807, 2.05) is 0 Å². The molecule has 3 nitrogen and oxygen atoms in total. The fourth-order valence-electron chi connectivity index (χ4n) is 1.55. The molecule has 0 bridgehead atoms. The Bertz CT molecular complexity index is 788. The van der Waals surface area contributed by atoms with Crippen molar-refractivity contribution in [2.45, 2.75) is 4.90 Å². The lowest BCUT2D eigenvalue weighted by Crippen LogP contribution is -2.16. The molecule has 21 heavy (non-hydrogen) atoms. The van der Waals surface area contributed by atoms with Gasteiger partial charge in [-0.25, -0.2) is 26.0 Å². The Morgan fingerprint density at radius 1 is 0.905 bits per heavy atom. The fraction of sp³-hybridized carbons (Fsp3) is 0. The third-order valence-corrected chi connectivity index (χ3v) is 4.74. The lowest BCUT2D eigenvalue weighted by atomic mass is 10.3. The smallest absolute Gasteiger partial charge is 0.266 e. The molecule has 0 aliphatic rings. The van der Waals surface area contributed by atoms with Crippen molar-refractivity contribution in [3.8, 4) is 0 Å². The molecule has 2 aromatic rings. The van der Waals surface area contributed by atoms with Crippen LogP contribution in [0.3, 0.4) is 0 Å². The standard InChI is InChI=1S/C12H6BrF4NO2S/c13-8-3-7(15)5-10(17)12(8)21(19,20)18-11-2-1-6(14)4-9(11)16/h1-5,18H. The molecule has 0 aliphatic carbocycles. The van der Waals surface area contributed by atoms with Gasteiger partial charge in [-0.3, -0.25) is 4.72 Å². The number of nitrogens with one attached hydrogen (secondary N) is 1. The Labute approximate surface area is 125 Å². The second kappa shape index (κ2) is 5.64. The van der Waals surface area contributed by atoms with Crippen LogP contribution in [0.25, 0.3) is 0 Å². The molecule has 0 atom stereocenters. The van der Waals surface area contributed by atoms with Gasteiger partial charge in [0.25, 0.3) is 10.0 Å². The lowest BCUT2D eigenvalue weighted by Gasteiger charge is -2.11. The molecule has 0 saturated carbocycles. The molecule has 0 unspecified atom stereocenters. The number of hydrogen-bond acceptors (Lipinski definition) is 2. The highest BCUT2D eigenvalue weighted by Gasteiger charge is 2.24. The van der Waals surface area contributed by atoms with Gasteiger partial charge in [-0.05, 0) is 34.1 Å². The molecule has 0 fully saturated rings. The van der Waals surface area contributed by atoms with Crippen LogP contribution in [-0.4, -0.2) is 8.42 Å². The summed E-state index contributed by atoms with van der Waals surface area (Å²) in [6.07, 6.45) is 0. The van der Waals surface area contributed by atoms with E-state index in [9.17, 15) is 26.0 Å². The van der Waals surface area contributed by atoms with Gasteiger partial charge < -0.3 is 0 Å². The average molecular weight is 384 g/mol. The Kier molecular flexibility index (Phi) is 4.24. The molecule has 0 aromatic heterocycles. The summed E-state index contributed by atoms with van der Waals surface area (Å²) in [6.45, 7) is 0. The first-order valence-electron chi connectivity index (χ1n) is 5.33. The van der Waals surface area contributed by atoms with Crippen molar-refractivity contribution in [3.63, 3.8) is 0 Å². The third-order valence-electron chi connectivity index (χ3n) is 2.41. The van der Waals surface area contributed by atoms with Crippen molar-refractivity contribution >= 4 is 31.6 Å². The van der Waals surface area contributed by atoms with Gasteiger partial charge in [0.15, 0.2) is 0 Å². The lowest BCUT2D eigenvalue weighted by molar-refractivity contribution is 0.547. The zero-order valence-electron chi connectivity index (χ0n) is 10.0. The molecule has 0 saturated heterocycles. The zero-order valence-corrected chi connectivity index (χ0v) is 12.4. The zero-order chi connectivity index (χ0) is 15.8. The number of benzene rings is 2. The summed E-state index contributed by atoms with van der Waals surface area (Å²) < 4.78 is 78.2. The van der Waals surface area contributed by atoms with E-state index in [4.69, 9.17) is 0 Å². The maximum atomic E-state index is 13.6. The Balaban J connectivity index is 2.48. The van der Waals surface area contributed by atoms with E-state index in [0.29, 0.717) is 12.1 Å². The predicted octanol–water partition coefficient (Wildman–Crippen LogP) is 3.81. The maximum Gasteiger partial charge on any atom is 0.266 e. The molecule has 0 amide bonds. The first-order valence-corrected chi connectivity index (χ1v) is 7.61. The summed E-state index contributed by atoms with van der Waals surface area (Å²) in [5.74, 6) is -4.40. The first kappa shape index (κ1) is 15.8. The van der Waals surface area contributed by atoms with Gasteiger partial charge in [0.05, 0.1) is 5.69 Å². The summed E-state index contributed by atoms with van der Waals surface area (Å²) in [6, 6.07) is 3.27. The Morgan fingerprint density at radius 3 is 2.10 bits per heavy atom. The molecule has 2 rings (SSSR count). The van der Waals surface area contributed by atoms with Crippen LogP contribution in [-0.2, 0) is 10.0 Å². The number of anilines is 1. The maximum absolute atomic E-state index is 13.6. The number of sulfonamides is 1. The van der Waals surface area contributed by atoms with Crippen LogP contribution in [0.1, 0.15) is 0 Å². The molecule has 1 N–H and O–H groups in total. The van der Waals surface area contributed by atoms with E-state index >= 15 is 0 Å². The second-order valence-corrected chi connectivity index (χ2v) is 6.40. The number of rotatable bonds is 3. The van der Waals surface area contributed by atoms with Gasteiger partial charge in [-0.1, -0.05) is 0 Å². The number of halogens is 5. The quantitative estimate of drug-likeness (QED) is 0.819. The minimum Gasteiger partial charge on any atom is -0.277 e. The molecular formula is C12H6BrF4NO2S. The van der Waals surface area contributed by atoms with Crippen molar-refractivity contribution in [2.24, 2.45) is 0 Å². The summed E-state index contributed by atoms with van der Waals surface area (Å²) in [5, 5.41) is 0. The van der Waals surface area contributed by atoms with E-state index in [2.05, 4.69) is 15.9 Å².